The minimum absolute atomic E-state index is 0.0203. The summed E-state index contributed by atoms with van der Waals surface area (Å²) in [5.74, 6) is 1.24. The molecule has 3 aliphatic rings. The fourth-order valence-corrected chi connectivity index (χ4v) is 5.03. The molecule has 1 saturated heterocycles. The van der Waals surface area contributed by atoms with Gasteiger partial charge in [0.2, 0.25) is 18.6 Å². The van der Waals surface area contributed by atoms with E-state index in [9.17, 15) is 14.4 Å². The third-order valence-electron chi connectivity index (χ3n) is 6.95. The number of benzene rings is 2. The second kappa shape index (κ2) is 8.42. The summed E-state index contributed by atoms with van der Waals surface area (Å²) in [5, 5.41) is 3.00. The van der Waals surface area contributed by atoms with Crippen LogP contribution in [0.1, 0.15) is 47.7 Å². The Morgan fingerprint density at radius 2 is 1.82 bits per heavy atom. The van der Waals surface area contributed by atoms with Crippen LogP contribution in [0.3, 0.4) is 0 Å². The van der Waals surface area contributed by atoms with Gasteiger partial charge in [0.05, 0.1) is 12.0 Å². The first kappa shape index (κ1) is 21.3. The second-order valence-electron chi connectivity index (χ2n) is 8.92. The molecule has 0 bridgehead atoms. The number of ether oxygens (including phenoxy) is 2. The molecular weight excluding hydrogens is 422 g/mol. The molecule has 0 saturated carbocycles. The molecule has 2 aromatic carbocycles. The lowest BCUT2D eigenvalue weighted by atomic mass is 9.82. The molecule has 33 heavy (non-hydrogen) atoms. The molecule has 0 aromatic heterocycles. The number of carbonyl (C=O) groups is 3. The van der Waals surface area contributed by atoms with Crippen LogP contribution in [0.4, 0.5) is 0 Å². The van der Waals surface area contributed by atoms with E-state index in [1.807, 2.05) is 47.4 Å². The molecule has 3 heterocycles. The van der Waals surface area contributed by atoms with Crippen molar-refractivity contribution in [3.05, 3.63) is 59.2 Å². The van der Waals surface area contributed by atoms with Crippen LogP contribution < -0.4 is 14.8 Å². The molecule has 0 spiro atoms. The highest BCUT2D eigenvalue weighted by Gasteiger charge is 2.47. The Labute approximate surface area is 192 Å². The molecule has 8 nitrogen and oxygen atoms in total. The quantitative estimate of drug-likeness (QED) is 0.758. The van der Waals surface area contributed by atoms with E-state index in [1.54, 1.807) is 11.8 Å². The minimum Gasteiger partial charge on any atom is -0.454 e. The van der Waals surface area contributed by atoms with Crippen molar-refractivity contribution in [2.24, 2.45) is 0 Å². The normalized spacial score (nSPS) is 18.3. The molecule has 5 rings (SSSR count). The first-order valence-corrected chi connectivity index (χ1v) is 11.3. The van der Waals surface area contributed by atoms with Crippen molar-refractivity contribution in [3.8, 4) is 11.5 Å². The number of amides is 3. The maximum atomic E-state index is 13.3. The van der Waals surface area contributed by atoms with Gasteiger partial charge in [0.25, 0.3) is 5.91 Å². The zero-order valence-electron chi connectivity index (χ0n) is 18.6. The van der Waals surface area contributed by atoms with Crippen LogP contribution in [0.25, 0.3) is 0 Å². The number of hydrogen-bond acceptors (Lipinski definition) is 5. The van der Waals surface area contributed by atoms with E-state index in [0.717, 1.165) is 11.1 Å². The van der Waals surface area contributed by atoms with Crippen molar-refractivity contribution in [2.45, 2.75) is 44.8 Å². The van der Waals surface area contributed by atoms with E-state index >= 15 is 0 Å². The summed E-state index contributed by atoms with van der Waals surface area (Å²) in [5.41, 5.74) is 1.97. The van der Waals surface area contributed by atoms with Gasteiger partial charge in [-0.1, -0.05) is 24.3 Å². The first-order valence-electron chi connectivity index (χ1n) is 11.3. The summed E-state index contributed by atoms with van der Waals surface area (Å²) in [4.78, 5) is 41.9. The van der Waals surface area contributed by atoms with Crippen LogP contribution in [-0.4, -0.2) is 52.9 Å². The smallest absolute Gasteiger partial charge is 0.254 e. The van der Waals surface area contributed by atoms with E-state index < -0.39 is 5.54 Å². The fourth-order valence-electron chi connectivity index (χ4n) is 5.03. The average molecular weight is 450 g/mol. The van der Waals surface area contributed by atoms with Gasteiger partial charge in [0.1, 0.15) is 0 Å². The van der Waals surface area contributed by atoms with E-state index in [0.29, 0.717) is 56.1 Å². The lowest BCUT2D eigenvalue weighted by Crippen LogP contribution is -2.57. The minimum atomic E-state index is -0.624. The molecule has 1 N–H and O–H groups in total. The molecule has 0 atom stereocenters. The Morgan fingerprint density at radius 3 is 2.58 bits per heavy atom. The highest BCUT2D eigenvalue weighted by atomic mass is 16.7. The SMILES string of the molecule is CC(=O)N1CCC(CC(=O)NCc2ccc3c(c2)OCO3)(N2Cc3ccccc3C2=O)CC1. The third kappa shape index (κ3) is 4.01. The summed E-state index contributed by atoms with van der Waals surface area (Å²) in [6.45, 7) is 3.68. The molecule has 3 aliphatic heterocycles. The van der Waals surface area contributed by atoms with Crippen molar-refractivity contribution in [1.29, 1.82) is 0 Å². The van der Waals surface area contributed by atoms with Gasteiger partial charge >= 0.3 is 0 Å². The van der Waals surface area contributed by atoms with Crippen LogP contribution in [0, 0.1) is 0 Å². The summed E-state index contributed by atoms with van der Waals surface area (Å²) in [7, 11) is 0. The largest absolute Gasteiger partial charge is 0.454 e. The molecule has 0 unspecified atom stereocenters. The van der Waals surface area contributed by atoms with Crippen molar-refractivity contribution < 1.29 is 23.9 Å². The van der Waals surface area contributed by atoms with Crippen LogP contribution in [0.15, 0.2) is 42.5 Å². The number of piperidine rings is 1. The molecule has 3 amide bonds. The molecule has 1 fully saturated rings. The van der Waals surface area contributed by atoms with Crippen molar-refractivity contribution >= 4 is 17.7 Å². The van der Waals surface area contributed by atoms with Gasteiger partial charge in [-0.25, -0.2) is 0 Å². The monoisotopic (exact) mass is 449 g/mol. The fraction of sp³-hybridized carbons (Fsp3) is 0.400. The number of fused-ring (bicyclic) bond motifs is 2. The Kier molecular flexibility index (Phi) is 5.44. The second-order valence-corrected chi connectivity index (χ2v) is 8.92. The van der Waals surface area contributed by atoms with E-state index in [-0.39, 0.29) is 30.9 Å². The Morgan fingerprint density at radius 1 is 1.06 bits per heavy atom. The number of rotatable bonds is 5. The molecule has 0 aliphatic carbocycles. The van der Waals surface area contributed by atoms with Gasteiger partial charge < -0.3 is 24.6 Å². The lowest BCUT2D eigenvalue weighted by Gasteiger charge is -2.47. The summed E-state index contributed by atoms with van der Waals surface area (Å²) in [6.07, 6.45) is 1.34. The molecule has 0 radical (unpaired) electrons. The Bertz CT molecular complexity index is 1110. The van der Waals surface area contributed by atoms with Gasteiger partial charge in [-0.3, -0.25) is 14.4 Å². The third-order valence-corrected chi connectivity index (χ3v) is 6.95. The highest BCUT2D eigenvalue weighted by Crippen LogP contribution is 2.39. The number of hydrogen-bond donors (Lipinski definition) is 1. The first-order chi connectivity index (χ1) is 15.9. The predicted molar refractivity (Wildman–Crippen MR) is 120 cm³/mol. The van der Waals surface area contributed by atoms with Crippen LogP contribution >= 0.6 is 0 Å². The predicted octanol–water partition coefficient (Wildman–Crippen LogP) is 2.46. The van der Waals surface area contributed by atoms with Gasteiger partial charge in [-0.2, -0.15) is 0 Å². The van der Waals surface area contributed by atoms with Gasteiger partial charge in [0, 0.05) is 38.7 Å². The number of carbonyl (C=O) groups excluding carboxylic acids is 3. The van der Waals surface area contributed by atoms with Gasteiger partial charge in [-0.15, -0.1) is 0 Å². The lowest BCUT2D eigenvalue weighted by molar-refractivity contribution is -0.132. The Hall–Kier alpha value is -3.55. The van der Waals surface area contributed by atoms with Crippen molar-refractivity contribution in [3.63, 3.8) is 0 Å². The number of nitrogens with zero attached hydrogens (tertiary/aromatic N) is 2. The van der Waals surface area contributed by atoms with E-state index in [2.05, 4.69) is 5.32 Å². The van der Waals surface area contributed by atoms with Crippen LogP contribution in [-0.2, 0) is 22.7 Å². The molecule has 2 aromatic rings. The maximum Gasteiger partial charge on any atom is 0.254 e. The standard InChI is InChI=1S/C25H27N3O5/c1-17(29)27-10-8-25(9-11-27,28-15-19-4-2-3-5-20(19)24(28)31)13-23(30)26-14-18-6-7-21-22(12-18)33-16-32-21/h2-7,12H,8-11,13-16H2,1H3,(H,26,30). The van der Waals surface area contributed by atoms with Gasteiger partial charge in [-0.05, 0) is 42.2 Å². The highest BCUT2D eigenvalue weighted by molar-refractivity contribution is 5.99. The van der Waals surface area contributed by atoms with Crippen LogP contribution in [0.5, 0.6) is 11.5 Å². The number of likely N-dealkylation sites (tertiary alicyclic amines) is 1. The molecular formula is C25H27N3O5. The summed E-state index contributed by atoms with van der Waals surface area (Å²) in [6, 6.07) is 13.2. The summed E-state index contributed by atoms with van der Waals surface area (Å²) >= 11 is 0. The van der Waals surface area contributed by atoms with Crippen LogP contribution in [0.2, 0.25) is 0 Å². The average Bonchev–Trinajstić information content (AvgIpc) is 3.42. The van der Waals surface area contributed by atoms with Crippen molar-refractivity contribution in [2.75, 3.05) is 19.9 Å². The Balaban J connectivity index is 1.31. The molecule has 8 heteroatoms. The molecule has 172 valence electrons. The number of nitrogens with one attached hydrogen (secondary N) is 1. The van der Waals surface area contributed by atoms with E-state index in [1.165, 1.54) is 0 Å². The van der Waals surface area contributed by atoms with E-state index in [4.69, 9.17) is 9.47 Å². The van der Waals surface area contributed by atoms with Crippen molar-refractivity contribution in [1.82, 2.24) is 15.1 Å². The zero-order chi connectivity index (χ0) is 23.0. The zero-order valence-corrected chi connectivity index (χ0v) is 18.6. The topological polar surface area (TPSA) is 88.2 Å². The van der Waals surface area contributed by atoms with Gasteiger partial charge in [0.15, 0.2) is 11.5 Å². The maximum absolute atomic E-state index is 13.3. The summed E-state index contributed by atoms with van der Waals surface area (Å²) < 4.78 is 10.7.